The lowest BCUT2D eigenvalue weighted by molar-refractivity contribution is -0.137. The molecule has 0 radical (unpaired) electrons. The summed E-state index contributed by atoms with van der Waals surface area (Å²) in [6.45, 7) is 1.08. The van der Waals surface area contributed by atoms with Crippen LogP contribution < -0.4 is 5.32 Å². The van der Waals surface area contributed by atoms with Crippen molar-refractivity contribution in [2.75, 3.05) is 5.32 Å². The summed E-state index contributed by atoms with van der Waals surface area (Å²) in [5.41, 5.74) is -1.51. The van der Waals surface area contributed by atoms with Gasteiger partial charge in [-0.1, -0.05) is 0 Å². The Bertz CT molecular complexity index is 583. The minimum Gasteiger partial charge on any atom is -0.326 e. The van der Waals surface area contributed by atoms with Crippen LogP contribution in [-0.2, 0) is 20.0 Å². The Hall–Kier alpha value is -1.28. The maximum Gasteiger partial charge on any atom is 0.416 e. The Balaban J connectivity index is 3.43. The van der Waals surface area contributed by atoms with E-state index in [1.165, 1.54) is 0 Å². The van der Waals surface area contributed by atoms with Crippen molar-refractivity contribution in [3.8, 4) is 0 Å². The number of alkyl halides is 3. The van der Waals surface area contributed by atoms with Crippen molar-refractivity contribution in [1.82, 2.24) is 0 Å². The molecule has 0 aliphatic carbocycles. The number of halogens is 4. The molecule has 1 N–H and O–H groups in total. The summed E-state index contributed by atoms with van der Waals surface area (Å²) in [7, 11) is 0.658. The zero-order chi connectivity index (χ0) is 14.1. The van der Waals surface area contributed by atoms with E-state index in [9.17, 15) is 26.4 Å². The summed E-state index contributed by atoms with van der Waals surface area (Å²) in [4.78, 5) is 10.0. The Morgan fingerprint density at radius 2 is 1.83 bits per heavy atom. The predicted octanol–water partition coefficient (Wildman–Crippen LogP) is 2.59. The number of hydrogen-bond acceptors (Lipinski definition) is 3. The third-order valence-electron chi connectivity index (χ3n) is 1.84. The summed E-state index contributed by atoms with van der Waals surface area (Å²) < 4.78 is 59.6. The van der Waals surface area contributed by atoms with Crippen LogP contribution in [0.15, 0.2) is 23.1 Å². The van der Waals surface area contributed by atoms with Gasteiger partial charge in [0.15, 0.2) is 0 Å². The van der Waals surface area contributed by atoms with Crippen molar-refractivity contribution in [3.63, 3.8) is 0 Å². The lowest BCUT2D eigenvalue weighted by atomic mass is 10.2. The molecule has 1 rings (SSSR count). The second-order valence-electron chi connectivity index (χ2n) is 3.36. The van der Waals surface area contributed by atoms with Crippen molar-refractivity contribution in [2.45, 2.75) is 18.0 Å². The van der Waals surface area contributed by atoms with E-state index in [1.807, 2.05) is 0 Å². The maximum absolute atomic E-state index is 12.5. The van der Waals surface area contributed by atoms with Crippen LogP contribution >= 0.6 is 10.7 Å². The van der Waals surface area contributed by atoms with Gasteiger partial charge in [-0.15, -0.1) is 0 Å². The molecule has 1 aromatic rings. The monoisotopic (exact) mass is 301 g/mol. The van der Waals surface area contributed by atoms with Gasteiger partial charge >= 0.3 is 6.18 Å². The fraction of sp³-hybridized carbons (Fsp3) is 0.222. The maximum atomic E-state index is 12.5. The van der Waals surface area contributed by atoms with E-state index in [1.54, 1.807) is 0 Å². The number of hydrogen-bond donors (Lipinski definition) is 1. The van der Waals surface area contributed by atoms with Crippen LogP contribution in [0.4, 0.5) is 18.9 Å². The van der Waals surface area contributed by atoms with Gasteiger partial charge in [0.1, 0.15) is 0 Å². The van der Waals surface area contributed by atoms with Crippen LogP contribution in [0.1, 0.15) is 12.5 Å². The van der Waals surface area contributed by atoms with Crippen molar-refractivity contribution < 1.29 is 26.4 Å². The van der Waals surface area contributed by atoms with Crippen LogP contribution in [0.2, 0.25) is 0 Å². The molecule has 0 fully saturated rings. The van der Waals surface area contributed by atoms with E-state index in [2.05, 4.69) is 5.32 Å². The first-order chi connectivity index (χ1) is 8.00. The number of carbonyl (C=O) groups is 1. The van der Waals surface area contributed by atoms with Crippen molar-refractivity contribution >= 4 is 31.3 Å². The number of benzene rings is 1. The van der Waals surface area contributed by atoms with Gasteiger partial charge in [0.05, 0.1) is 10.5 Å². The van der Waals surface area contributed by atoms with Gasteiger partial charge in [-0.2, -0.15) is 13.2 Å². The topological polar surface area (TPSA) is 63.2 Å². The molecular formula is C9H7ClF3NO3S. The quantitative estimate of drug-likeness (QED) is 0.854. The van der Waals surface area contributed by atoms with E-state index in [0.717, 1.165) is 13.0 Å². The van der Waals surface area contributed by atoms with Crippen LogP contribution in [0.25, 0.3) is 0 Å². The highest BCUT2D eigenvalue weighted by molar-refractivity contribution is 8.13. The molecule has 0 heterocycles. The molecule has 0 unspecified atom stereocenters. The van der Waals surface area contributed by atoms with E-state index in [0.29, 0.717) is 12.1 Å². The van der Waals surface area contributed by atoms with E-state index >= 15 is 0 Å². The van der Waals surface area contributed by atoms with Gasteiger partial charge in [0.2, 0.25) is 5.91 Å². The second kappa shape index (κ2) is 4.77. The largest absolute Gasteiger partial charge is 0.416 e. The Morgan fingerprint density at radius 3 is 2.22 bits per heavy atom. The van der Waals surface area contributed by atoms with Gasteiger partial charge in [-0.05, 0) is 18.2 Å². The highest BCUT2D eigenvalue weighted by Crippen LogP contribution is 2.33. The van der Waals surface area contributed by atoms with Crippen LogP contribution in [0.3, 0.4) is 0 Å². The summed E-state index contributed by atoms with van der Waals surface area (Å²) >= 11 is 0. The van der Waals surface area contributed by atoms with Crippen LogP contribution in [-0.4, -0.2) is 14.3 Å². The van der Waals surface area contributed by atoms with Crippen LogP contribution in [0.5, 0.6) is 0 Å². The molecule has 0 aliphatic heterocycles. The molecular weight excluding hydrogens is 295 g/mol. The Labute approximate surface area is 105 Å². The molecule has 0 spiro atoms. The molecule has 0 saturated carbocycles. The molecule has 0 aliphatic rings. The van der Waals surface area contributed by atoms with Crippen molar-refractivity contribution in [2.24, 2.45) is 0 Å². The van der Waals surface area contributed by atoms with Gasteiger partial charge in [-0.25, -0.2) is 8.42 Å². The van der Waals surface area contributed by atoms with Crippen molar-refractivity contribution in [1.29, 1.82) is 0 Å². The average molecular weight is 302 g/mol. The molecule has 1 aromatic carbocycles. The molecule has 4 nitrogen and oxygen atoms in total. The summed E-state index contributed by atoms with van der Waals surface area (Å²) in [5.74, 6) is -0.632. The van der Waals surface area contributed by atoms with Gasteiger partial charge in [0.25, 0.3) is 9.05 Å². The van der Waals surface area contributed by atoms with Crippen molar-refractivity contribution in [3.05, 3.63) is 23.8 Å². The molecule has 0 atom stereocenters. The van der Waals surface area contributed by atoms with E-state index in [4.69, 9.17) is 10.7 Å². The smallest absolute Gasteiger partial charge is 0.326 e. The molecule has 0 saturated heterocycles. The lowest BCUT2D eigenvalue weighted by Crippen LogP contribution is -2.11. The first kappa shape index (κ1) is 14.8. The first-order valence-electron chi connectivity index (χ1n) is 4.44. The zero-order valence-electron chi connectivity index (χ0n) is 8.88. The highest BCUT2D eigenvalue weighted by atomic mass is 35.7. The Kier molecular flexibility index (Phi) is 3.92. The molecule has 100 valence electrons. The third-order valence-corrected chi connectivity index (χ3v) is 3.17. The average Bonchev–Trinajstić information content (AvgIpc) is 2.13. The van der Waals surface area contributed by atoms with E-state index in [-0.39, 0.29) is 5.69 Å². The number of carbonyl (C=O) groups excluding carboxylic acids is 1. The fourth-order valence-electron chi connectivity index (χ4n) is 1.18. The molecule has 0 aromatic heterocycles. The molecule has 1 amide bonds. The number of anilines is 1. The predicted molar refractivity (Wildman–Crippen MR) is 58.8 cm³/mol. The van der Waals surface area contributed by atoms with Crippen LogP contribution in [0, 0.1) is 0 Å². The molecule has 0 bridgehead atoms. The highest BCUT2D eigenvalue weighted by Gasteiger charge is 2.32. The number of nitrogens with one attached hydrogen (secondary N) is 1. The van der Waals surface area contributed by atoms with Gasteiger partial charge in [0, 0.05) is 23.3 Å². The zero-order valence-corrected chi connectivity index (χ0v) is 10.4. The standard InChI is InChI=1S/C9H7ClF3NO3S/c1-5(15)14-7-2-6(9(11,12)13)3-8(4-7)18(10,16)17/h2-4H,1H3,(H,14,15). The lowest BCUT2D eigenvalue weighted by Gasteiger charge is -2.11. The van der Waals surface area contributed by atoms with Gasteiger partial charge < -0.3 is 5.32 Å². The number of rotatable bonds is 2. The van der Waals surface area contributed by atoms with E-state index < -0.39 is 31.6 Å². The Morgan fingerprint density at radius 1 is 1.28 bits per heavy atom. The minimum absolute atomic E-state index is 0.295. The SMILES string of the molecule is CC(=O)Nc1cc(C(F)(F)F)cc(S(=O)(=O)Cl)c1. The fourth-order valence-corrected chi connectivity index (χ4v) is 1.98. The second-order valence-corrected chi connectivity index (χ2v) is 5.93. The first-order valence-corrected chi connectivity index (χ1v) is 6.75. The third kappa shape index (κ3) is 3.88. The number of amides is 1. The minimum atomic E-state index is -4.75. The van der Waals surface area contributed by atoms with Gasteiger partial charge in [-0.3, -0.25) is 4.79 Å². The normalized spacial score (nSPS) is 12.3. The summed E-state index contributed by atoms with van der Waals surface area (Å²) in [5, 5.41) is 2.07. The summed E-state index contributed by atoms with van der Waals surface area (Å²) in [6.07, 6.45) is -4.75. The molecule has 9 heteroatoms. The summed E-state index contributed by atoms with van der Waals surface area (Å²) in [6, 6.07) is 1.86. The molecule has 18 heavy (non-hydrogen) atoms.